The van der Waals surface area contributed by atoms with Crippen LogP contribution in [-0.4, -0.2) is 20.9 Å². The first kappa shape index (κ1) is 19.3. The molecule has 0 aliphatic rings. The molecular weight excluding hydrogens is 360 g/mol. The maximum Gasteiger partial charge on any atom is 0.261 e. The van der Waals surface area contributed by atoms with Gasteiger partial charge in [-0.05, 0) is 48.7 Å². The Morgan fingerprint density at radius 1 is 1.16 bits per heavy atom. The third-order valence-corrected chi connectivity index (χ3v) is 5.14. The summed E-state index contributed by atoms with van der Waals surface area (Å²) in [6.07, 6.45) is 0. The fraction of sp³-hybridized carbons (Fsp3) is 0.278. The van der Waals surface area contributed by atoms with Crippen LogP contribution in [0.2, 0.25) is 5.02 Å². The number of aryl methyl sites for hydroxylation is 1. The fourth-order valence-electron chi connectivity index (χ4n) is 2.16. The number of carbonyl (C=O) groups is 1. The van der Waals surface area contributed by atoms with Crippen molar-refractivity contribution in [3.63, 3.8) is 0 Å². The zero-order valence-corrected chi connectivity index (χ0v) is 15.9. The summed E-state index contributed by atoms with van der Waals surface area (Å²) in [7, 11) is -3.82. The summed E-state index contributed by atoms with van der Waals surface area (Å²) in [5.41, 5.74) is 1.53. The molecule has 0 saturated carbocycles. The predicted molar refractivity (Wildman–Crippen MR) is 101 cm³/mol. The van der Waals surface area contributed by atoms with Crippen molar-refractivity contribution in [2.45, 2.75) is 25.7 Å². The zero-order valence-electron chi connectivity index (χ0n) is 14.3. The van der Waals surface area contributed by atoms with Gasteiger partial charge in [0.05, 0.1) is 15.5 Å². The Labute approximate surface area is 153 Å². The first-order valence-corrected chi connectivity index (χ1v) is 9.72. The van der Waals surface area contributed by atoms with Gasteiger partial charge in [-0.15, -0.1) is 0 Å². The van der Waals surface area contributed by atoms with Gasteiger partial charge in [0.2, 0.25) is 0 Å². The van der Waals surface area contributed by atoms with Crippen LogP contribution in [-0.2, 0) is 10.0 Å². The molecule has 0 fully saturated rings. The molecule has 2 aromatic rings. The van der Waals surface area contributed by atoms with E-state index in [-0.39, 0.29) is 21.4 Å². The molecule has 0 aromatic heterocycles. The van der Waals surface area contributed by atoms with E-state index in [0.717, 1.165) is 5.56 Å². The predicted octanol–water partition coefficient (Wildman–Crippen LogP) is 3.84. The highest BCUT2D eigenvalue weighted by Crippen LogP contribution is 2.23. The lowest BCUT2D eigenvalue weighted by molar-refractivity contribution is 0.0949. The summed E-state index contributed by atoms with van der Waals surface area (Å²) in [5.74, 6) is -0.121. The van der Waals surface area contributed by atoms with E-state index in [2.05, 4.69) is 10.0 Å². The van der Waals surface area contributed by atoms with Gasteiger partial charge in [0, 0.05) is 12.2 Å². The number of sulfonamides is 1. The topological polar surface area (TPSA) is 75.3 Å². The van der Waals surface area contributed by atoms with E-state index in [1.165, 1.54) is 18.2 Å². The third kappa shape index (κ3) is 5.21. The number of rotatable bonds is 6. The maximum absolute atomic E-state index is 12.6. The molecule has 0 bridgehead atoms. The monoisotopic (exact) mass is 380 g/mol. The third-order valence-electron chi connectivity index (χ3n) is 3.43. The molecule has 134 valence electrons. The lowest BCUT2D eigenvalue weighted by atomic mass is 10.2. The van der Waals surface area contributed by atoms with Gasteiger partial charge in [0.15, 0.2) is 0 Å². The van der Waals surface area contributed by atoms with Crippen molar-refractivity contribution < 1.29 is 13.2 Å². The smallest absolute Gasteiger partial charge is 0.261 e. The molecule has 25 heavy (non-hydrogen) atoms. The average Bonchev–Trinajstić information content (AvgIpc) is 2.52. The number of anilines is 1. The van der Waals surface area contributed by atoms with Crippen molar-refractivity contribution in [1.29, 1.82) is 0 Å². The van der Waals surface area contributed by atoms with Crippen molar-refractivity contribution in [2.75, 3.05) is 11.3 Å². The molecule has 0 heterocycles. The molecule has 1 amide bonds. The molecule has 2 N–H and O–H groups in total. The lowest BCUT2D eigenvalue weighted by Crippen LogP contribution is -2.27. The summed E-state index contributed by atoms with van der Waals surface area (Å²) >= 11 is 6.06. The largest absolute Gasteiger partial charge is 0.352 e. The standard InChI is InChI=1S/C18H21ClN2O3S/c1-12(2)11-20-18(22)16-10-15(7-8-17(16)19)25(23,24)21-14-6-4-5-13(3)9-14/h4-10,12,21H,11H2,1-3H3,(H,20,22). The van der Waals surface area contributed by atoms with Gasteiger partial charge >= 0.3 is 0 Å². The van der Waals surface area contributed by atoms with Gasteiger partial charge in [-0.25, -0.2) is 8.42 Å². The number of carbonyl (C=O) groups excluding carboxylic acids is 1. The van der Waals surface area contributed by atoms with Gasteiger partial charge in [0.25, 0.3) is 15.9 Å². The molecule has 5 nitrogen and oxygen atoms in total. The maximum atomic E-state index is 12.6. The number of nitrogens with one attached hydrogen (secondary N) is 2. The number of amides is 1. The minimum absolute atomic E-state index is 0.0203. The molecule has 0 unspecified atom stereocenters. The van der Waals surface area contributed by atoms with Crippen LogP contribution in [0.3, 0.4) is 0 Å². The Hall–Kier alpha value is -2.05. The second-order valence-electron chi connectivity index (χ2n) is 6.22. The number of hydrogen-bond acceptors (Lipinski definition) is 3. The van der Waals surface area contributed by atoms with Crippen LogP contribution < -0.4 is 10.0 Å². The molecule has 0 atom stereocenters. The Kier molecular flexibility index (Phi) is 6.08. The summed E-state index contributed by atoms with van der Waals surface area (Å²) in [4.78, 5) is 12.2. The van der Waals surface area contributed by atoms with E-state index >= 15 is 0 Å². The van der Waals surface area contributed by atoms with Crippen molar-refractivity contribution in [2.24, 2.45) is 5.92 Å². The highest BCUT2D eigenvalue weighted by Gasteiger charge is 2.19. The molecular formula is C18H21ClN2O3S. The summed E-state index contributed by atoms with van der Waals surface area (Å²) < 4.78 is 27.7. The van der Waals surface area contributed by atoms with Gasteiger partial charge in [-0.1, -0.05) is 37.6 Å². The Morgan fingerprint density at radius 3 is 2.52 bits per heavy atom. The van der Waals surface area contributed by atoms with Crippen LogP contribution in [0.4, 0.5) is 5.69 Å². The Balaban J connectivity index is 2.29. The quantitative estimate of drug-likeness (QED) is 0.799. The van der Waals surface area contributed by atoms with E-state index in [1.54, 1.807) is 18.2 Å². The fourth-order valence-corrected chi connectivity index (χ4v) is 3.44. The highest BCUT2D eigenvalue weighted by atomic mass is 35.5. The van der Waals surface area contributed by atoms with E-state index in [9.17, 15) is 13.2 Å². The van der Waals surface area contributed by atoms with E-state index in [0.29, 0.717) is 12.2 Å². The molecule has 0 radical (unpaired) electrons. The SMILES string of the molecule is Cc1cccc(NS(=O)(=O)c2ccc(Cl)c(C(=O)NCC(C)C)c2)c1. The van der Waals surface area contributed by atoms with Crippen molar-refractivity contribution in [3.05, 3.63) is 58.6 Å². The van der Waals surface area contributed by atoms with Crippen LogP contribution in [0, 0.1) is 12.8 Å². The molecule has 0 saturated heterocycles. The van der Waals surface area contributed by atoms with Crippen molar-refractivity contribution in [1.82, 2.24) is 5.32 Å². The van der Waals surface area contributed by atoms with Gasteiger partial charge in [-0.3, -0.25) is 9.52 Å². The van der Waals surface area contributed by atoms with Crippen LogP contribution >= 0.6 is 11.6 Å². The summed E-state index contributed by atoms with van der Waals surface area (Å²) in [6.45, 7) is 6.29. The molecule has 2 aromatic carbocycles. The highest BCUT2D eigenvalue weighted by molar-refractivity contribution is 7.92. The van der Waals surface area contributed by atoms with Gasteiger partial charge in [-0.2, -0.15) is 0 Å². The Morgan fingerprint density at radius 2 is 1.88 bits per heavy atom. The molecule has 0 spiro atoms. The Bertz CT molecular complexity index is 880. The number of halogens is 1. The van der Waals surface area contributed by atoms with E-state index < -0.39 is 15.9 Å². The van der Waals surface area contributed by atoms with Gasteiger partial charge < -0.3 is 5.32 Å². The van der Waals surface area contributed by atoms with Crippen LogP contribution in [0.5, 0.6) is 0 Å². The second-order valence-corrected chi connectivity index (χ2v) is 8.31. The second kappa shape index (κ2) is 7.89. The summed E-state index contributed by atoms with van der Waals surface area (Å²) in [6, 6.07) is 11.1. The molecule has 0 aliphatic carbocycles. The van der Waals surface area contributed by atoms with Crippen LogP contribution in [0.25, 0.3) is 0 Å². The minimum Gasteiger partial charge on any atom is -0.352 e. The minimum atomic E-state index is -3.82. The molecule has 2 rings (SSSR count). The van der Waals surface area contributed by atoms with E-state index in [1.807, 2.05) is 26.8 Å². The van der Waals surface area contributed by atoms with Crippen molar-refractivity contribution in [3.8, 4) is 0 Å². The molecule has 0 aliphatic heterocycles. The normalized spacial score (nSPS) is 11.4. The van der Waals surface area contributed by atoms with Gasteiger partial charge in [0.1, 0.15) is 0 Å². The van der Waals surface area contributed by atoms with E-state index in [4.69, 9.17) is 11.6 Å². The average molecular weight is 381 g/mol. The number of hydrogen-bond donors (Lipinski definition) is 2. The van der Waals surface area contributed by atoms with Crippen LogP contribution in [0.15, 0.2) is 47.4 Å². The zero-order chi connectivity index (χ0) is 18.6. The van der Waals surface area contributed by atoms with Crippen molar-refractivity contribution >= 4 is 33.2 Å². The lowest BCUT2D eigenvalue weighted by Gasteiger charge is -2.12. The summed E-state index contributed by atoms with van der Waals surface area (Å²) in [5, 5.41) is 2.94. The molecule has 7 heteroatoms. The first-order chi connectivity index (χ1) is 11.7. The van der Waals surface area contributed by atoms with Crippen LogP contribution in [0.1, 0.15) is 29.8 Å². The number of benzene rings is 2. The first-order valence-electron chi connectivity index (χ1n) is 7.86.